The molecule has 26 heavy (non-hydrogen) atoms. The van der Waals surface area contributed by atoms with Crippen LogP contribution in [0.2, 0.25) is 0 Å². The molecule has 0 aromatic carbocycles. The highest BCUT2D eigenvalue weighted by atomic mass is 35.5. The third kappa shape index (κ3) is 6.53. The Labute approximate surface area is 169 Å². The van der Waals surface area contributed by atoms with Crippen molar-refractivity contribution in [2.24, 2.45) is 11.7 Å². The van der Waals surface area contributed by atoms with Crippen molar-refractivity contribution in [3.05, 3.63) is 21.9 Å². The minimum absolute atomic E-state index is 0. The largest absolute Gasteiger partial charge is 0.351 e. The highest BCUT2D eigenvalue weighted by Gasteiger charge is 2.13. The number of aromatic nitrogens is 4. The van der Waals surface area contributed by atoms with E-state index in [0.29, 0.717) is 31.1 Å². The first-order valence-electron chi connectivity index (χ1n) is 8.43. The quantitative estimate of drug-likeness (QED) is 0.454. The summed E-state index contributed by atoms with van der Waals surface area (Å²) in [6.45, 7) is 6.41. The molecule has 0 fully saturated rings. The van der Waals surface area contributed by atoms with Crippen LogP contribution in [0, 0.1) is 5.92 Å². The van der Waals surface area contributed by atoms with Crippen LogP contribution in [-0.4, -0.2) is 45.0 Å². The van der Waals surface area contributed by atoms with Crippen molar-refractivity contribution in [1.29, 1.82) is 0 Å². The van der Waals surface area contributed by atoms with Crippen LogP contribution in [0.15, 0.2) is 10.5 Å². The average Bonchev–Trinajstić information content (AvgIpc) is 3.19. The fraction of sp³-hybridized carbons (Fsp3) is 0.625. The Morgan fingerprint density at radius 1 is 1.38 bits per heavy atom. The van der Waals surface area contributed by atoms with Gasteiger partial charge in [0.05, 0.1) is 5.01 Å². The SMILES string of the molecule is CSc1nnc(CCCNC(=O)c2csc(CCN)n2)n1CC(C)C.Cl. The van der Waals surface area contributed by atoms with E-state index in [1.165, 1.54) is 11.3 Å². The van der Waals surface area contributed by atoms with Crippen LogP contribution >= 0.6 is 35.5 Å². The van der Waals surface area contributed by atoms with Gasteiger partial charge in [0.1, 0.15) is 11.5 Å². The van der Waals surface area contributed by atoms with Gasteiger partial charge in [0, 0.05) is 31.3 Å². The maximum Gasteiger partial charge on any atom is 0.270 e. The molecule has 0 aliphatic carbocycles. The lowest BCUT2D eigenvalue weighted by atomic mass is 10.2. The lowest BCUT2D eigenvalue weighted by molar-refractivity contribution is 0.0948. The van der Waals surface area contributed by atoms with Crippen LogP contribution < -0.4 is 11.1 Å². The summed E-state index contributed by atoms with van der Waals surface area (Å²) in [6, 6.07) is 0. The predicted octanol–water partition coefficient (Wildman–Crippen LogP) is 2.40. The number of carbonyl (C=O) groups is 1. The lowest BCUT2D eigenvalue weighted by Gasteiger charge is -2.11. The van der Waals surface area contributed by atoms with Gasteiger partial charge in [-0.05, 0) is 25.1 Å². The van der Waals surface area contributed by atoms with Crippen LogP contribution in [0.3, 0.4) is 0 Å². The molecule has 0 unspecified atom stereocenters. The highest BCUT2D eigenvalue weighted by molar-refractivity contribution is 7.98. The number of carbonyl (C=O) groups excluding carboxylic acids is 1. The normalized spacial score (nSPS) is 10.8. The van der Waals surface area contributed by atoms with Crippen molar-refractivity contribution in [1.82, 2.24) is 25.1 Å². The predicted molar refractivity (Wildman–Crippen MR) is 109 cm³/mol. The number of nitrogens with one attached hydrogen (secondary N) is 1. The zero-order valence-corrected chi connectivity index (χ0v) is 17.8. The second kappa shape index (κ2) is 11.5. The maximum absolute atomic E-state index is 12.1. The molecule has 0 spiro atoms. The summed E-state index contributed by atoms with van der Waals surface area (Å²) in [5.41, 5.74) is 5.98. The number of thioether (sulfide) groups is 1. The number of hydrogen-bond acceptors (Lipinski definition) is 7. The van der Waals surface area contributed by atoms with E-state index in [2.05, 4.69) is 38.9 Å². The van der Waals surface area contributed by atoms with Crippen molar-refractivity contribution in [2.45, 2.75) is 44.8 Å². The molecule has 2 aromatic rings. The lowest BCUT2D eigenvalue weighted by Crippen LogP contribution is -2.25. The van der Waals surface area contributed by atoms with Crippen molar-refractivity contribution >= 4 is 41.4 Å². The molecule has 3 N–H and O–H groups in total. The molecule has 2 rings (SSSR count). The molecule has 0 atom stereocenters. The monoisotopic (exact) mass is 418 g/mol. The Balaban J connectivity index is 0.00000338. The second-order valence-electron chi connectivity index (χ2n) is 6.13. The minimum Gasteiger partial charge on any atom is -0.351 e. The first-order valence-corrected chi connectivity index (χ1v) is 10.5. The fourth-order valence-electron chi connectivity index (χ4n) is 2.40. The van der Waals surface area contributed by atoms with Crippen LogP contribution in [0.5, 0.6) is 0 Å². The van der Waals surface area contributed by atoms with Crippen molar-refractivity contribution in [2.75, 3.05) is 19.3 Å². The van der Waals surface area contributed by atoms with E-state index in [1.807, 2.05) is 6.26 Å². The molecule has 1 amide bonds. The molecule has 7 nitrogen and oxygen atoms in total. The summed E-state index contributed by atoms with van der Waals surface area (Å²) in [4.78, 5) is 16.4. The summed E-state index contributed by atoms with van der Waals surface area (Å²) in [5.74, 6) is 1.38. The Hall–Kier alpha value is -1.16. The van der Waals surface area contributed by atoms with Gasteiger partial charge in [-0.2, -0.15) is 0 Å². The molecule has 0 saturated heterocycles. The summed E-state index contributed by atoms with van der Waals surface area (Å²) >= 11 is 3.08. The third-order valence-electron chi connectivity index (χ3n) is 3.53. The molecule has 0 aliphatic rings. The number of nitrogens with two attached hydrogens (primary N) is 1. The van der Waals surface area contributed by atoms with E-state index >= 15 is 0 Å². The zero-order valence-electron chi connectivity index (χ0n) is 15.4. The Morgan fingerprint density at radius 2 is 2.15 bits per heavy atom. The molecule has 0 radical (unpaired) electrons. The van der Waals surface area contributed by atoms with Gasteiger partial charge < -0.3 is 15.6 Å². The summed E-state index contributed by atoms with van der Waals surface area (Å²) in [5, 5.41) is 15.1. The highest BCUT2D eigenvalue weighted by Crippen LogP contribution is 2.16. The molecule has 0 aliphatic heterocycles. The number of aryl methyl sites for hydroxylation is 1. The van der Waals surface area contributed by atoms with Gasteiger partial charge >= 0.3 is 0 Å². The van der Waals surface area contributed by atoms with Crippen LogP contribution in [0.4, 0.5) is 0 Å². The van der Waals surface area contributed by atoms with Crippen LogP contribution in [0.25, 0.3) is 0 Å². The van der Waals surface area contributed by atoms with E-state index in [-0.39, 0.29) is 18.3 Å². The standard InChI is InChI=1S/C16H26N6OS2.ClH/c1-11(2)9-22-13(20-21-16(22)24-3)5-4-8-18-15(23)12-10-25-14(19-12)6-7-17;/h10-11H,4-9,17H2,1-3H3,(H,18,23);1H. The van der Waals surface area contributed by atoms with E-state index in [0.717, 1.165) is 35.4 Å². The third-order valence-corrected chi connectivity index (χ3v) is 5.10. The number of thiazole rings is 1. The van der Waals surface area contributed by atoms with Gasteiger partial charge in [0.15, 0.2) is 5.16 Å². The van der Waals surface area contributed by atoms with Crippen molar-refractivity contribution in [3.63, 3.8) is 0 Å². The van der Waals surface area contributed by atoms with Gasteiger partial charge in [-0.3, -0.25) is 4.79 Å². The van der Waals surface area contributed by atoms with Crippen molar-refractivity contribution < 1.29 is 4.79 Å². The Morgan fingerprint density at radius 3 is 2.81 bits per heavy atom. The van der Waals surface area contributed by atoms with E-state index in [1.54, 1.807) is 17.1 Å². The molecule has 0 saturated carbocycles. The molecular weight excluding hydrogens is 392 g/mol. The van der Waals surface area contributed by atoms with Crippen LogP contribution in [0.1, 0.15) is 41.6 Å². The van der Waals surface area contributed by atoms with Crippen molar-refractivity contribution in [3.8, 4) is 0 Å². The minimum atomic E-state index is -0.132. The summed E-state index contributed by atoms with van der Waals surface area (Å²) < 4.78 is 2.18. The first kappa shape index (κ1) is 22.9. The topological polar surface area (TPSA) is 98.7 Å². The molecule has 146 valence electrons. The van der Waals surface area contributed by atoms with E-state index in [9.17, 15) is 4.79 Å². The smallest absolute Gasteiger partial charge is 0.270 e. The average molecular weight is 419 g/mol. The molecule has 10 heteroatoms. The maximum atomic E-state index is 12.1. The first-order chi connectivity index (χ1) is 12.0. The van der Waals surface area contributed by atoms with E-state index in [4.69, 9.17) is 5.73 Å². The molecule has 0 bridgehead atoms. The number of rotatable bonds is 10. The summed E-state index contributed by atoms with van der Waals surface area (Å²) in [6.07, 6.45) is 4.32. The van der Waals surface area contributed by atoms with E-state index < -0.39 is 0 Å². The molecule has 2 heterocycles. The van der Waals surface area contributed by atoms with Gasteiger partial charge in [0.25, 0.3) is 5.91 Å². The van der Waals surface area contributed by atoms with Gasteiger partial charge in [0.2, 0.25) is 0 Å². The number of halogens is 1. The summed E-state index contributed by atoms with van der Waals surface area (Å²) in [7, 11) is 0. The molecular formula is C16H27ClN6OS2. The second-order valence-corrected chi connectivity index (χ2v) is 7.85. The number of amides is 1. The zero-order chi connectivity index (χ0) is 18.2. The molecule has 2 aromatic heterocycles. The fourth-order valence-corrected chi connectivity index (χ4v) is 3.71. The van der Waals surface area contributed by atoms with Gasteiger partial charge in [-0.15, -0.1) is 33.9 Å². The Kier molecular flexibility index (Phi) is 10.1. The van der Waals surface area contributed by atoms with Crippen LogP contribution in [-0.2, 0) is 19.4 Å². The van der Waals surface area contributed by atoms with Gasteiger partial charge in [-0.25, -0.2) is 4.98 Å². The Bertz CT molecular complexity index is 688. The van der Waals surface area contributed by atoms with Gasteiger partial charge in [-0.1, -0.05) is 25.6 Å². The number of hydrogen-bond donors (Lipinski definition) is 2. The number of nitrogens with zero attached hydrogens (tertiary/aromatic N) is 4.